The van der Waals surface area contributed by atoms with E-state index in [1.54, 1.807) is 13.1 Å². The molecule has 72 valence electrons. The summed E-state index contributed by atoms with van der Waals surface area (Å²) in [5.74, 6) is 0.745. The van der Waals surface area contributed by atoms with Crippen LogP contribution < -0.4 is 4.74 Å². The minimum atomic E-state index is 0.0821. The molecular formula is C11H11NO2. The van der Waals surface area contributed by atoms with Gasteiger partial charge in [-0.3, -0.25) is 9.79 Å². The standard InChI is InChI=1S/C11H11NO2/c1-12-8-6-10(13)9-4-2-3-5-11(9)14-7-8/h2-5H,6-7H2,1H3. The quantitative estimate of drug-likeness (QED) is 0.623. The van der Waals surface area contributed by atoms with Crippen molar-refractivity contribution in [2.75, 3.05) is 13.7 Å². The van der Waals surface area contributed by atoms with Gasteiger partial charge in [-0.1, -0.05) is 12.1 Å². The number of ketones is 1. The van der Waals surface area contributed by atoms with Gasteiger partial charge in [0.15, 0.2) is 5.78 Å². The van der Waals surface area contributed by atoms with Crippen LogP contribution in [0.1, 0.15) is 16.8 Å². The van der Waals surface area contributed by atoms with Crippen LogP contribution in [0.4, 0.5) is 0 Å². The average molecular weight is 189 g/mol. The van der Waals surface area contributed by atoms with Gasteiger partial charge in [-0.15, -0.1) is 0 Å². The van der Waals surface area contributed by atoms with Crippen LogP contribution in [0.3, 0.4) is 0 Å². The molecule has 0 N–H and O–H groups in total. The van der Waals surface area contributed by atoms with Gasteiger partial charge in [0.25, 0.3) is 0 Å². The van der Waals surface area contributed by atoms with Crippen molar-refractivity contribution in [3.63, 3.8) is 0 Å². The highest BCUT2D eigenvalue weighted by Gasteiger charge is 2.18. The van der Waals surface area contributed by atoms with Gasteiger partial charge in [0, 0.05) is 7.05 Å². The van der Waals surface area contributed by atoms with Gasteiger partial charge in [0.2, 0.25) is 0 Å². The van der Waals surface area contributed by atoms with E-state index in [0.717, 1.165) is 5.71 Å². The van der Waals surface area contributed by atoms with E-state index in [1.807, 2.05) is 18.2 Å². The fourth-order valence-corrected chi connectivity index (χ4v) is 1.46. The minimum absolute atomic E-state index is 0.0821. The van der Waals surface area contributed by atoms with Crippen molar-refractivity contribution in [2.24, 2.45) is 4.99 Å². The predicted molar refractivity (Wildman–Crippen MR) is 54.2 cm³/mol. The Morgan fingerprint density at radius 1 is 1.36 bits per heavy atom. The Balaban J connectivity index is 2.41. The molecular weight excluding hydrogens is 178 g/mol. The third-order valence-corrected chi connectivity index (χ3v) is 2.26. The molecule has 14 heavy (non-hydrogen) atoms. The molecule has 3 nitrogen and oxygen atoms in total. The van der Waals surface area contributed by atoms with E-state index in [2.05, 4.69) is 4.99 Å². The number of hydrogen-bond acceptors (Lipinski definition) is 3. The van der Waals surface area contributed by atoms with Crippen LogP contribution in [0.5, 0.6) is 5.75 Å². The Morgan fingerprint density at radius 2 is 2.14 bits per heavy atom. The normalized spacial score (nSPS) is 18.6. The molecule has 3 heteroatoms. The van der Waals surface area contributed by atoms with Crippen molar-refractivity contribution >= 4 is 11.5 Å². The molecule has 0 aromatic heterocycles. The summed E-state index contributed by atoms with van der Waals surface area (Å²) in [6, 6.07) is 7.30. The van der Waals surface area contributed by atoms with Crippen LogP contribution in [-0.2, 0) is 0 Å². The predicted octanol–water partition coefficient (Wildman–Crippen LogP) is 1.72. The Morgan fingerprint density at radius 3 is 2.93 bits per heavy atom. The molecule has 0 fully saturated rings. The van der Waals surface area contributed by atoms with Crippen LogP contribution in [0.15, 0.2) is 29.3 Å². The first-order chi connectivity index (χ1) is 6.81. The molecule has 1 aromatic carbocycles. The number of nitrogens with zero attached hydrogens (tertiary/aromatic N) is 1. The second-order valence-electron chi connectivity index (χ2n) is 3.17. The molecule has 1 aliphatic rings. The number of benzene rings is 1. The van der Waals surface area contributed by atoms with Gasteiger partial charge in [0.1, 0.15) is 12.4 Å². The number of aliphatic imine (C=N–C) groups is 1. The summed E-state index contributed by atoms with van der Waals surface area (Å²) in [5, 5.41) is 0. The molecule has 0 saturated heterocycles. The van der Waals surface area contributed by atoms with Gasteiger partial charge >= 0.3 is 0 Å². The zero-order valence-electron chi connectivity index (χ0n) is 7.99. The molecule has 1 aromatic rings. The fourth-order valence-electron chi connectivity index (χ4n) is 1.46. The highest BCUT2D eigenvalue weighted by Crippen LogP contribution is 2.22. The van der Waals surface area contributed by atoms with Crippen molar-refractivity contribution < 1.29 is 9.53 Å². The lowest BCUT2D eigenvalue weighted by Crippen LogP contribution is -2.11. The molecule has 0 radical (unpaired) electrons. The van der Waals surface area contributed by atoms with Crippen molar-refractivity contribution in [2.45, 2.75) is 6.42 Å². The number of carbonyl (C=O) groups excluding carboxylic acids is 1. The summed E-state index contributed by atoms with van der Waals surface area (Å²) in [4.78, 5) is 15.7. The highest BCUT2D eigenvalue weighted by molar-refractivity contribution is 6.12. The summed E-state index contributed by atoms with van der Waals surface area (Å²) in [7, 11) is 1.68. The zero-order chi connectivity index (χ0) is 9.97. The minimum Gasteiger partial charge on any atom is -0.487 e. The lowest BCUT2D eigenvalue weighted by Gasteiger charge is -2.03. The Labute approximate surface area is 82.4 Å². The number of rotatable bonds is 0. The topological polar surface area (TPSA) is 38.7 Å². The van der Waals surface area contributed by atoms with E-state index in [4.69, 9.17) is 4.74 Å². The monoisotopic (exact) mass is 189 g/mol. The molecule has 1 heterocycles. The highest BCUT2D eigenvalue weighted by atomic mass is 16.5. The molecule has 1 aliphatic heterocycles. The van der Waals surface area contributed by atoms with Gasteiger partial charge in [0.05, 0.1) is 17.7 Å². The number of carbonyl (C=O) groups is 1. The third kappa shape index (κ3) is 1.53. The average Bonchev–Trinajstić information content (AvgIpc) is 2.39. The van der Waals surface area contributed by atoms with E-state index in [-0.39, 0.29) is 5.78 Å². The van der Waals surface area contributed by atoms with E-state index in [9.17, 15) is 4.79 Å². The van der Waals surface area contributed by atoms with E-state index in [0.29, 0.717) is 24.3 Å². The van der Waals surface area contributed by atoms with Gasteiger partial charge in [-0.05, 0) is 12.1 Å². The SMILES string of the molecule is CN=C1COc2ccccc2C(=O)C1. The largest absolute Gasteiger partial charge is 0.487 e. The van der Waals surface area contributed by atoms with Gasteiger partial charge < -0.3 is 4.74 Å². The third-order valence-electron chi connectivity index (χ3n) is 2.26. The Kier molecular flexibility index (Phi) is 2.31. The lowest BCUT2D eigenvalue weighted by atomic mass is 10.1. The van der Waals surface area contributed by atoms with Crippen molar-refractivity contribution in [1.82, 2.24) is 0 Å². The first kappa shape index (κ1) is 8.94. The number of hydrogen-bond donors (Lipinski definition) is 0. The van der Waals surface area contributed by atoms with Gasteiger partial charge in [-0.2, -0.15) is 0 Å². The van der Waals surface area contributed by atoms with Crippen LogP contribution >= 0.6 is 0 Å². The molecule has 0 saturated carbocycles. The Hall–Kier alpha value is -1.64. The zero-order valence-corrected chi connectivity index (χ0v) is 7.99. The molecule has 0 spiro atoms. The second kappa shape index (κ2) is 3.62. The molecule has 0 aliphatic carbocycles. The fraction of sp³-hybridized carbons (Fsp3) is 0.273. The molecule has 2 rings (SSSR count). The smallest absolute Gasteiger partial charge is 0.172 e. The Bertz CT molecular complexity index is 396. The maximum atomic E-state index is 11.7. The maximum Gasteiger partial charge on any atom is 0.172 e. The lowest BCUT2D eigenvalue weighted by molar-refractivity contribution is 0.100. The summed E-state index contributed by atoms with van der Waals surface area (Å²) in [5.41, 5.74) is 1.46. The molecule has 0 unspecified atom stereocenters. The summed E-state index contributed by atoms with van der Waals surface area (Å²) < 4.78 is 5.47. The maximum absolute atomic E-state index is 11.7. The van der Waals surface area contributed by atoms with Crippen LogP contribution in [0.25, 0.3) is 0 Å². The van der Waals surface area contributed by atoms with Crippen LogP contribution in [0.2, 0.25) is 0 Å². The van der Waals surface area contributed by atoms with Crippen molar-refractivity contribution in [3.8, 4) is 5.75 Å². The van der Waals surface area contributed by atoms with Crippen LogP contribution in [-0.4, -0.2) is 25.1 Å². The summed E-state index contributed by atoms with van der Waals surface area (Å²) >= 11 is 0. The van der Waals surface area contributed by atoms with Crippen molar-refractivity contribution in [3.05, 3.63) is 29.8 Å². The number of Topliss-reactive ketones (excluding diaryl/α,β-unsaturated/α-hetero) is 1. The van der Waals surface area contributed by atoms with E-state index >= 15 is 0 Å². The molecule has 0 atom stereocenters. The number of ether oxygens (including phenoxy) is 1. The van der Waals surface area contributed by atoms with Crippen molar-refractivity contribution in [1.29, 1.82) is 0 Å². The number of fused-ring (bicyclic) bond motifs is 1. The first-order valence-electron chi connectivity index (χ1n) is 4.51. The molecule has 0 amide bonds. The van der Waals surface area contributed by atoms with E-state index in [1.165, 1.54) is 0 Å². The molecule has 0 bridgehead atoms. The van der Waals surface area contributed by atoms with Gasteiger partial charge in [-0.25, -0.2) is 0 Å². The van der Waals surface area contributed by atoms with E-state index < -0.39 is 0 Å². The summed E-state index contributed by atoms with van der Waals surface area (Å²) in [6.45, 7) is 0.416. The number of para-hydroxylation sites is 1. The summed E-state index contributed by atoms with van der Waals surface area (Å²) in [6.07, 6.45) is 0.369. The first-order valence-corrected chi connectivity index (χ1v) is 4.51. The van der Waals surface area contributed by atoms with Crippen LogP contribution in [0, 0.1) is 0 Å². The second-order valence-corrected chi connectivity index (χ2v) is 3.17.